The number of anilines is 1. The number of fused-ring (bicyclic) bond motifs is 1. The Hall–Kier alpha value is -1.65. The van der Waals surface area contributed by atoms with Gasteiger partial charge in [-0.1, -0.05) is 39.7 Å². The molecule has 3 nitrogen and oxygen atoms in total. The van der Waals surface area contributed by atoms with Gasteiger partial charge in [-0.2, -0.15) is 0 Å². The number of halogens is 2. The van der Waals surface area contributed by atoms with Crippen LogP contribution in [0.3, 0.4) is 0 Å². The van der Waals surface area contributed by atoms with Crippen LogP contribution in [0.5, 0.6) is 0 Å². The highest BCUT2D eigenvalue weighted by molar-refractivity contribution is 9.10. The Balaban J connectivity index is 1.99. The number of benzene rings is 2. The molecule has 0 radical (unpaired) electrons. The first-order valence-electron chi connectivity index (χ1n) is 5.96. The summed E-state index contributed by atoms with van der Waals surface area (Å²) in [6.07, 6.45) is 0. The summed E-state index contributed by atoms with van der Waals surface area (Å²) in [5.74, 6) is -1.01. The molecular formula is C15H9BrClNO2. The van der Waals surface area contributed by atoms with Crippen LogP contribution in [-0.2, 0) is 11.3 Å². The van der Waals surface area contributed by atoms with Gasteiger partial charge in [-0.15, -0.1) is 0 Å². The van der Waals surface area contributed by atoms with Gasteiger partial charge in [0.25, 0.3) is 11.7 Å². The highest BCUT2D eigenvalue weighted by atomic mass is 79.9. The average molecular weight is 351 g/mol. The van der Waals surface area contributed by atoms with Crippen LogP contribution in [0.2, 0.25) is 5.02 Å². The van der Waals surface area contributed by atoms with E-state index >= 15 is 0 Å². The summed E-state index contributed by atoms with van der Waals surface area (Å²) < 4.78 is 0.935. The molecule has 1 aliphatic heterocycles. The van der Waals surface area contributed by atoms with Gasteiger partial charge in [0.05, 0.1) is 17.8 Å². The van der Waals surface area contributed by atoms with Gasteiger partial charge in [0.1, 0.15) is 0 Å². The maximum absolute atomic E-state index is 12.1. The number of Topliss-reactive ketones (excluding diaryl/α,β-unsaturated/α-hetero) is 1. The Labute approximate surface area is 129 Å². The van der Waals surface area contributed by atoms with Crippen molar-refractivity contribution in [3.63, 3.8) is 0 Å². The van der Waals surface area contributed by atoms with E-state index in [1.54, 1.807) is 12.1 Å². The van der Waals surface area contributed by atoms with Gasteiger partial charge in [0.15, 0.2) is 0 Å². The van der Waals surface area contributed by atoms with Crippen molar-refractivity contribution in [3.8, 4) is 0 Å². The minimum atomic E-state index is -0.512. The normalized spacial score (nSPS) is 13.8. The number of rotatable bonds is 2. The molecule has 0 unspecified atom stereocenters. The van der Waals surface area contributed by atoms with E-state index < -0.39 is 11.7 Å². The smallest absolute Gasteiger partial charge is 0.299 e. The SMILES string of the molecule is O=C1C(=O)N(Cc2cccc(Br)c2)c2ccc(Cl)cc21. The van der Waals surface area contributed by atoms with E-state index in [-0.39, 0.29) is 0 Å². The van der Waals surface area contributed by atoms with Crippen molar-refractivity contribution >= 4 is 44.9 Å². The molecule has 0 N–H and O–H groups in total. The minimum absolute atomic E-state index is 0.360. The van der Waals surface area contributed by atoms with Crippen molar-refractivity contribution in [2.24, 2.45) is 0 Å². The number of ketones is 1. The number of hydrogen-bond donors (Lipinski definition) is 0. The van der Waals surface area contributed by atoms with Crippen LogP contribution in [0.25, 0.3) is 0 Å². The zero-order valence-corrected chi connectivity index (χ0v) is 12.6. The topological polar surface area (TPSA) is 37.4 Å². The highest BCUT2D eigenvalue weighted by Crippen LogP contribution is 2.32. The number of amides is 1. The second kappa shape index (κ2) is 5.04. The standard InChI is InChI=1S/C15H9BrClNO2/c16-10-3-1-2-9(6-10)8-18-13-5-4-11(17)7-12(13)14(19)15(18)20/h1-7H,8H2. The van der Waals surface area contributed by atoms with Crippen LogP contribution in [0.4, 0.5) is 5.69 Å². The monoisotopic (exact) mass is 349 g/mol. The molecule has 0 aliphatic carbocycles. The zero-order chi connectivity index (χ0) is 14.3. The minimum Gasteiger partial charge on any atom is -0.300 e. The molecule has 1 aliphatic rings. The summed E-state index contributed by atoms with van der Waals surface area (Å²) in [6, 6.07) is 12.6. The van der Waals surface area contributed by atoms with Crippen LogP contribution in [0, 0.1) is 0 Å². The van der Waals surface area contributed by atoms with Crippen LogP contribution in [0.1, 0.15) is 15.9 Å². The number of carbonyl (C=O) groups is 2. The lowest BCUT2D eigenvalue weighted by Crippen LogP contribution is -2.29. The van der Waals surface area contributed by atoms with Gasteiger partial charge in [-0.05, 0) is 35.9 Å². The van der Waals surface area contributed by atoms with E-state index in [1.807, 2.05) is 24.3 Å². The fourth-order valence-corrected chi connectivity index (χ4v) is 2.87. The number of carbonyl (C=O) groups excluding carboxylic acids is 2. The lowest BCUT2D eigenvalue weighted by atomic mass is 10.1. The van der Waals surface area contributed by atoms with Crippen molar-refractivity contribution in [3.05, 3.63) is 63.1 Å². The molecule has 2 aromatic carbocycles. The molecule has 0 saturated heterocycles. The third kappa shape index (κ3) is 2.25. The number of nitrogens with zero attached hydrogens (tertiary/aromatic N) is 1. The zero-order valence-electron chi connectivity index (χ0n) is 10.3. The maximum Gasteiger partial charge on any atom is 0.299 e. The van der Waals surface area contributed by atoms with E-state index in [2.05, 4.69) is 15.9 Å². The van der Waals surface area contributed by atoms with Crippen molar-refractivity contribution in [2.75, 3.05) is 4.90 Å². The van der Waals surface area contributed by atoms with E-state index in [0.717, 1.165) is 10.0 Å². The van der Waals surface area contributed by atoms with Gasteiger partial charge in [0, 0.05) is 9.50 Å². The number of hydrogen-bond acceptors (Lipinski definition) is 2. The van der Waals surface area contributed by atoms with Crippen LogP contribution < -0.4 is 4.90 Å². The van der Waals surface area contributed by atoms with E-state index in [1.165, 1.54) is 11.0 Å². The largest absolute Gasteiger partial charge is 0.300 e. The first-order chi connectivity index (χ1) is 9.56. The van der Waals surface area contributed by atoms with Crippen molar-refractivity contribution in [2.45, 2.75) is 6.54 Å². The molecule has 2 aromatic rings. The first kappa shape index (κ1) is 13.3. The molecule has 0 aromatic heterocycles. The molecular weight excluding hydrogens is 342 g/mol. The average Bonchev–Trinajstić information content (AvgIpc) is 2.64. The third-order valence-corrected chi connectivity index (χ3v) is 3.89. The van der Waals surface area contributed by atoms with Crippen LogP contribution in [0.15, 0.2) is 46.9 Å². The van der Waals surface area contributed by atoms with Crippen molar-refractivity contribution in [1.29, 1.82) is 0 Å². The lowest BCUT2D eigenvalue weighted by Gasteiger charge is -2.16. The predicted octanol–water partition coefficient (Wildman–Crippen LogP) is 3.83. The molecule has 1 amide bonds. The first-order valence-corrected chi connectivity index (χ1v) is 7.13. The molecule has 0 fully saturated rings. The summed E-state index contributed by atoms with van der Waals surface area (Å²) in [7, 11) is 0. The Kier molecular flexibility index (Phi) is 3.36. The summed E-state index contributed by atoms with van der Waals surface area (Å²) >= 11 is 9.27. The van der Waals surface area contributed by atoms with Gasteiger partial charge in [0.2, 0.25) is 0 Å². The van der Waals surface area contributed by atoms with Gasteiger partial charge >= 0.3 is 0 Å². The molecule has 20 heavy (non-hydrogen) atoms. The molecule has 100 valence electrons. The summed E-state index contributed by atoms with van der Waals surface area (Å²) in [5.41, 5.74) is 1.94. The molecule has 0 saturated carbocycles. The molecule has 1 heterocycles. The van der Waals surface area contributed by atoms with Crippen molar-refractivity contribution < 1.29 is 9.59 Å². The molecule has 0 spiro atoms. The maximum atomic E-state index is 12.1. The van der Waals surface area contributed by atoms with Crippen LogP contribution >= 0.6 is 27.5 Å². The third-order valence-electron chi connectivity index (χ3n) is 3.16. The summed E-state index contributed by atoms with van der Waals surface area (Å²) in [4.78, 5) is 25.5. The van der Waals surface area contributed by atoms with E-state index in [0.29, 0.717) is 22.8 Å². The predicted molar refractivity (Wildman–Crippen MR) is 81.1 cm³/mol. The van der Waals surface area contributed by atoms with Gasteiger partial charge in [-0.25, -0.2) is 0 Å². The fourth-order valence-electron chi connectivity index (χ4n) is 2.25. The Morgan fingerprint density at radius 3 is 2.65 bits per heavy atom. The lowest BCUT2D eigenvalue weighted by molar-refractivity contribution is -0.114. The Bertz CT molecular complexity index is 730. The second-order valence-electron chi connectivity index (χ2n) is 4.51. The molecule has 5 heteroatoms. The molecule has 3 rings (SSSR count). The van der Waals surface area contributed by atoms with Crippen molar-refractivity contribution in [1.82, 2.24) is 0 Å². The Morgan fingerprint density at radius 1 is 1.10 bits per heavy atom. The summed E-state index contributed by atoms with van der Waals surface area (Å²) in [5, 5.41) is 0.453. The summed E-state index contributed by atoms with van der Waals surface area (Å²) in [6.45, 7) is 0.360. The van der Waals surface area contributed by atoms with E-state index in [9.17, 15) is 9.59 Å². The molecule has 0 bridgehead atoms. The molecule has 0 atom stereocenters. The van der Waals surface area contributed by atoms with Crippen LogP contribution in [-0.4, -0.2) is 11.7 Å². The van der Waals surface area contributed by atoms with E-state index in [4.69, 9.17) is 11.6 Å². The Morgan fingerprint density at radius 2 is 1.90 bits per heavy atom. The van der Waals surface area contributed by atoms with Gasteiger partial charge < -0.3 is 4.90 Å². The fraction of sp³-hybridized carbons (Fsp3) is 0.0667. The second-order valence-corrected chi connectivity index (χ2v) is 5.86. The van der Waals surface area contributed by atoms with Gasteiger partial charge in [-0.3, -0.25) is 9.59 Å². The highest BCUT2D eigenvalue weighted by Gasteiger charge is 2.35. The quantitative estimate of drug-likeness (QED) is 0.772.